The van der Waals surface area contributed by atoms with E-state index < -0.39 is 0 Å². The van der Waals surface area contributed by atoms with Gasteiger partial charge in [-0.05, 0) is 12.0 Å². The van der Waals surface area contributed by atoms with E-state index in [1.807, 2.05) is 0 Å². The minimum absolute atomic E-state index is 0.0660. The van der Waals surface area contributed by atoms with Gasteiger partial charge in [0.1, 0.15) is 11.9 Å². The SMILES string of the molecule is COC1=C(OC)C2OCCC2C=C1Cc1cnc(N)nc1N. The Labute approximate surface area is 129 Å². The molecule has 3 rings (SSSR count). The number of fused-ring (bicyclic) bond motifs is 1. The molecule has 1 saturated heterocycles. The van der Waals surface area contributed by atoms with Crippen LogP contribution in [0.5, 0.6) is 0 Å². The molecular formula is C15H20N4O3. The van der Waals surface area contributed by atoms with Crippen LogP contribution >= 0.6 is 0 Å². The first-order chi connectivity index (χ1) is 10.6. The maximum absolute atomic E-state index is 5.93. The highest BCUT2D eigenvalue weighted by molar-refractivity contribution is 5.47. The number of nitrogens with two attached hydrogens (primary N) is 2. The molecule has 0 amide bonds. The molecule has 0 aromatic carbocycles. The molecule has 0 bridgehead atoms. The van der Waals surface area contributed by atoms with Crippen molar-refractivity contribution >= 4 is 11.8 Å². The number of aromatic nitrogens is 2. The Morgan fingerprint density at radius 1 is 1.32 bits per heavy atom. The van der Waals surface area contributed by atoms with Crippen molar-refractivity contribution in [1.29, 1.82) is 0 Å². The lowest BCUT2D eigenvalue weighted by Crippen LogP contribution is -2.26. The molecule has 7 nitrogen and oxygen atoms in total. The smallest absolute Gasteiger partial charge is 0.221 e. The van der Waals surface area contributed by atoms with Crippen LogP contribution < -0.4 is 11.5 Å². The molecule has 1 fully saturated rings. The summed E-state index contributed by atoms with van der Waals surface area (Å²) in [5.41, 5.74) is 13.3. The first-order valence-corrected chi connectivity index (χ1v) is 7.15. The summed E-state index contributed by atoms with van der Waals surface area (Å²) in [6.07, 6.45) is 5.28. The van der Waals surface area contributed by atoms with Gasteiger partial charge in [-0.3, -0.25) is 0 Å². The average Bonchev–Trinajstić information content (AvgIpc) is 2.96. The Morgan fingerprint density at radius 2 is 2.14 bits per heavy atom. The van der Waals surface area contributed by atoms with Gasteiger partial charge in [-0.15, -0.1) is 0 Å². The topological polar surface area (TPSA) is 106 Å². The van der Waals surface area contributed by atoms with Crippen LogP contribution in [0.25, 0.3) is 0 Å². The number of rotatable bonds is 4. The Hall–Kier alpha value is -2.28. The predicted molar refractivity (Wildman–Crippen MR) is 81.5 cm³/mol. The highest BCUT2D eigenvalue weighted by Gasteiger charge is 2.38. The number of anilines is 2. The van der Waals surface area contributed by atoms with Crippen molar-refractivity contribution in [3.63, 3.8) is 0 Å². The van der Waals surface area contributed by atoms with E-state index in [1.54, 1.807) is 20.4 Å². The van der Waals surface area contributed by atoms with Crippen molar-refractivity contribution in [2.45, 2.75) is 18.9 Å². The molecule has 1 aliphatic carbocycles. The molecule has 0 saturated carbocycles. The summed E-state index contributed by atoms with van der Waals surface area (Å²) in [4.78, 5) is 8.01. The molecule has 7 heteroatoms. The van der Waals surface area contributed by atoms with Gasteiger partial charge >= 0.3 is 0 Å². The highest BCUT2D eigenvalue weighted by atomic mass is 16.5. The van der Waals surface area contributed by atoms with E-state index in [1.165, 1.54) is 0 Å². The predicted octanol–water partition coefficient (Wildman–Crippen LogP) is 1.03. The molecule has 4 N–H and O–H groups in total. The second-order valence-corrected chi connectivity index (χ2v) is 5.35. The lowest BCUT2D eigenvalue weighted by atomic mass is 9.88. The summed E-state index contributed by atoms with van der Waals surface area (Å²) in [6.45, 7) is 0.718. The van der Waals surface area contributed by atoms with E-state index in [0.29, 0.717) is 23.9 Å². The van der Waals surface area contributed by atoms with Crippen LogP contribution in [0.3, 0.4) is 0 Å². The number of nitrogens with zero attached hydrogens (tertiary/aromatic N) is 2. The van der Waals surface area contributed by atoms with Gasteiger partial charge in [-0.2, -0.15) is 4.98 Å². The quantitative estimate of drug-likeness (QED) is 0.855. The van der Waals surface area contributed by atoms with Crippen molar-refractivity contribution in [2.24, 2.45) is 5.92 Å². The zero-order valence-corrected chi connectivity index (χ0v) is 12.7. The van der Waals surface area contributed by atoms with Crippen LogP contribution in [0.2, 0.25) is 0 Å². The summed E-state index contributed by atoms with van der Waals surface area (Å²) in [5.74, 6) is 2.27. The monoisotopic (exact) mass is 304 g/mol. The van der Waals surface area contributed by atoms with Crippen LogP contribution in [0.1, 0.15) is 12.0 Å². The van der Waals surface area contributed by atoms with Gasteiger partial charge in [0.05, 0.1) is 14.2 Å². The van der Waals surface area contributed by atoms with Gasteiger partial charge in [0, 0.05) is 30.7 Å². The maximum atomic E-state index is 5.93. The number of allylic oxidation sites excluding steroid dienone is 1. The zero-order chi connectivity index (χ0) is 15.7. The van der Waals surface area contributed by atoms with E-state index in [-0.39, 0.29) is 12.1 Å². The lowest BCUT2D eigenvalue weighted by Gasteiger charge is -2.27. The summed E-state index contributed by atoms with van der Waals surface area (Å²) >= 11 is 0. The lowest BCUT2D eigenvalue weighted by molar-refractivity contribution is 0.0624. The molecule has 118 valence electrons. The minimum atomic E-state index is -0.0660. The van der Waals surface area contributed by atoms with Gasteiger partial charge in [0.25, 0.3) is 0 Å². The Morgan fingerprint density at radius 3 is 2.82 bits per heavy atom. The van der Waals surface area contributed by atoms with E-state index in [0.717, 1.165) is 29.9 Å². The van der Waals surface area contributed by atoms with E-state index in [4.69, 9.17) is 25.7 Å². The molecule has 1 aromatic rings. The van der Waals surface area contributed by atoms with Crippen LogP contribution in [0, 0.1) is 5.92 Å². The summed E-state index contributed by atoms with van der Waals surface area (Å²) < 4.78 is 16.8. The third kappa shape index (κ3) is 2.48. The standard InChI is InChI=1S/C15H20N4O3/c1-20-11-9(6-10-7-18-15(17)19-14(10)16)5-8-3-4-22-12(8)13(11)21-2/h5,7-8,12H,3-4,6H2,1-2H3,(H4,16,17,18,19). The van der Waals surface area contributed by atoms with E-state index in [2.05, 4.69) is 16.0 Å². The molecule has 1 aromatic heterocycles. The second-order valence-electron chi connectivity index (χ2n) is 5.35. The summed E-state index contributed by atoms with van der Waals surface area (Å²) in [6, 6.07) is 0. The molecule has 2 unspecified atom stereocenters. The molecule has 2 aliphatic rings. The normalized spacial score (nSPS) is 24.0. The molecule has 2 heterocycles. The highest BCUT2D eigenvalue weighted by Crippen LogP contribution is 2.38. The number of ether oxygens (including phenoxy) is 3. The Kier molecular flexibility index (Phi) is 3.89. The van der Waals surface area contributed by atoms with Crippen molar-refractivity contribution in [2.75, 3.05) is 32.3 Å². The third-order valence-corrected chi connectivity index (χ3v) is 4.05. The van der Waals surface area contributed by atoms with E-state index in [9.17, 15) is 0 Å². The van der Waals surface area contributed by atoms with Gasteiger partial charge in [-0.1, -0.05) is 6.08 Å². The number of hydrogen-bond acceptors (Lipinski definition) is 7. The van der Waals surface area contributed by atoms with Crippen molar-refractivity contribution < 1.29 is 14.2 Å². The van der Waals surface area contributed by atoms with Gasteiger partial charge in [0.15, 0.2) is 11.5 Å². The number of hydrogen-bond donors (Lipinski definition) is 2. The zero-order valence-electron chi connectivity index (χ0n) is 12.7. The molecular weight excluding hydrogens is 284 g/mol. The molecule has 1 aliphatic heterocycles. The van der Waals surface area contributed by atoms with Crippen molar-refractivity contribution in [3.8, 4) is 0 Å². The number of methoxy groups -OCH3 is 2. The van der Waals surface area contributed by atoms with Gasteiger partial charge < -0.3 is 25.7 Å². The molecule has 0 radical (unpaired) electrons. The molecule has 2 atom stereocenters. The van der Waals surface area contributed by atoms with E-state index >= 15 is 0 Å². The Balaban J connectivity index is 1.95. The van der Waals surface area contributed by atoms with Crippen LogP contribution in [-0.2, 0) is 20.6 Å². The third-order valence-electron chi connectivity index (χ3n) is 4.05. The van der Waals surface area contributed by atoms with Crippen LogP contribution in [0.4, 0.5) is 11.8 Å². The van der Waals surface area contributed by atoms with Gasteiger partial charge in [0.2, 0.25) is 5.95 Å². The average molecular weight is 304 g/mol. The van der Waals surface area contributed by atoms with Crippen molar-refractivity contribution in [3.05, 3.63) is 34.9 Å². The maximum Gasteiger partial charge on any atom is 0.221 e. The van der Waals surface area contributed by atoms with Gasteiger partial charge in [-0.25, -0.2) is 4.98 Å². The fourth-order valence-corrected chi connectivity index (χ4v) is 3.02. The fourth-order valence-electron chi connectivity index (χ4n) is 3.02. The summed E-state index contributed by atoms with van der Waals surface area (Å²) in [7, 11) is 3.26. The Bertz CT molecular complexity index is 642. The first kappa shape index (κ1) is 14.6. The summed E-state index contributed by atoms with van der Waals surface area (Å²) in [5, 5.41) is 0. The van der Waals surface area contributed by atoms with Crippen molar-refractivity contribution in [1.82, 2.24) is 9.97 Å². The first-order valence-electron chi connectivity index (χ1n) is 7.15. The minimum Gasteiger partial charge on any atom is -0.494 e. The molecule has 22 heavy (non-hydrogen) atoms. The van der Waals surface area contributed by atoms with Crippen LogP contribution in [-0.4, -0.2) is 36.9 Å². The fraction of sp³-hybridized carbons (Fsp3) is 0.467. The molecule has 0 spiro atoms. The van der Waals surface area contributed by atoms with Crippen LogP contribution in [0.15, 0.2) is 29.4 Å². The second kappa shape index (κ2) is 5.84. The number of nitrogen functional groups attached to an aromatic ring is 2. The largest absolute Gasteiger partial charge is 0.494 e.